The second-order valence-corrected chi connectivity index (χ2v) is 5.94. The average Bonchev–Trinajstić information content (AvgIpc) is 3.01. The lowest BCUT2D eigenvalue weighted by Gasteiger charge is -2.09. The highest BCUT2D eigenvalue weighted by molar-refractivity contribution is 9.10. The van der Waals surface area contributed by atoms with Crippen molar-refractivity contribution in [1.82, 2.24) is 9.55 Å². The van der Waals surface area contributed by atoms with Crippen LogP contribution in [-0.4, -0.2) is 9.55 Å². The second-order valence-electron chi connectivity index (χ2n) is 4.61. The largest absolute Gasteiger partial charge is 0.380 e. The Morgan fingerprint density at radius 1 is 1.14 bits per heavy atom. The van der Waals surface area contributed by atoms with Gasteiger partial charge in [-0.15, -0.1) is 0 Å². The summed E-state index contributed by atoms with van der Waals surface area (Å²) in [6.07, 6.45) is 5.48. The molecule has 1 heterocycles. The maximum Gasteiger partial charge on any atom is 0.0991 e. The van der Waals surface area contributed by atoms with Crippen molar-refractivity contribution in [2.75, 3.05) is 5.32 Å². The van der Waals surface area contributed by atoms with E-state index in [0.717, 1.165) is 22.4 Å². The van der Waals surface area contributed by atoms with E-state index in [-0.39, 0.29) is 0 Å². The predicted octanol–water partition coefficient (Wildman–Crippen LogP) is 4.90. The fourth-order valence-corrected chi connectivity index (χ4v) is 2.77. The van der Waals surface area contributed by atoms with Gasteiger partial charge in [-0.2, -0.15) is 0 Å². The summed E-state index contributed by atoms with van der Waals surface area (Å²) in [5.41, 5.74) is 3.22. The van der Waals surface area contributed by atoms with Crippen LogP contribution in [0.15, 0.2) is 65.7 Å². The minimum atomic E-state index is 0.708. The van der Waals surface area contributed by atoms with Crippen LogP contribution in [0.4, 0.5) is 5.69 Å². The molecule has 0 bridgehead atoms. The van der Waals surface area contributed by atoms with Crippen LogP contribution in [0.2, 0.25) is 5.02 Å². The second kappa shape index (κ2) is 6.33. The van der Waals surface area contributed by atoms with Crippen molar-refractivity contribution < 1.29 is 0 Å². The Hall–Kier alpha value is -1.78. The molecule has 0 saturated carbocycles. The summed E-state index contributed by atoms with van der Waals surface area (Å²) in [6, 6.07) is 14.1. The van der Waals surface area contributed by atoms with Crippen molar-refractivity contribution >= 4 is 33.2 Å². The quantitative estimate of drug-likeness (QED) is 0.715. The van der Waals surface area contributed by atoms with Gasteiger partial charge in [0.05, 0.1) is 17.0 Å². The number of halogens is 2. The molecule has 1 aromatic heterocycles. The van der Waals surface area contributed by atoms with Gasteiger partial charge in [-0.3, -0.25) is 0 Å². The molecule has 0 spiro atoms. The van der Waals surface area contributed by atoms with Gasteiger partial charge < -0.3 is 9.88 Å². The Morgan fingerprint density at radius 2 is 1.95 bits per heavy atom. The van der Waals surface area contributed by atoms with E-state index in [0.29, 0.717) is 5.02 Å². The van der Waals surface area contributed by atoms with Crippen LogP contribution in [0.3, 0.4) is 0 Å². The van der Waals surface area contributed by atoms with E-state index in [1.165, 1.54) is 5.56 Å². The first-order chi connectivity index (χ1) is 10.2. The average molecular weight is 363 g/mol. The number of hydrogen-bond acceptors (Lipinski definition) is 2. The summed E-state index contributed by atoms with van der Waals surface area (Å²) in [6.45, 7) is 0.728. The number of nitrogens with zero attached hydrogens (tertiary/aromatic N) is 2. The van der Waals surface area contributed by atoms with Crippen LogP contribution in [0.1, 0.15) is 5.56 Å². The van der Waals surface area contributed by atoms with Crippen molar-refractivity contribution in [2.45, 2.75) is 6.54 Å². The van der Waals surface area contributed by atoms with E-state index in [1.54, 1.807) is 12.5 Å². The van der Waals surface area contributed by atoms with Gasteiger partial charge in [0.2, 0.25) is 0 Å². The van der Waals surface area contributed by atoms with Crippen LogP contribution in [0.25, 0.3) is 5.69 Å². The topological polar surface area (TPSA) is 29.9 Å². The molecule has 0 aliphatic carbocycles. The van der Waals surface area contributed by atoms with Gasteiger partial charge >= 0.3 is 0 Å². The van der Waals surface area contributed by atoms with Gasteiger partial charge in [0, 0.05) is 29.1 Å². The molecule has 106 valence electrons. The van der Waals surface area contributed by atoms with Gasteiger partial charge in [0.25, 0.3) is 0 Å². The lowest BCUT2D eigenvalue weighted by atomic mass is 10.2. The molecule has 1 N–H and O–H groups in total. The number of hydrogen-bond donors (Lipinski definition) is 1. The summed E-state index contributed by atoms with van der Waals surface area (Å²) in [5.74, 6) is 0. The first-order valence-electron chi connectivity index (χ1n) is 6.48. The van der Waals surface area contributed by atoms with Crippen molar-refractivity contribution in [3.05, 3.63) is 76.2 Å². The highest BCUT2D eigenvalue weighted by Crippen LogP contribution is 2.26. The first-order valence-corrected chi connectivity index (χ1v) is 7.66. The van der Waals surface area contributed by atoms with Gasteiger partial charge in [-0.1, -0.05) is 39.7 Å². The van der Waals surface area contributed by atoms with Crippen LogP contribution in [0, 0.1) is 0 Å². The first kappa shape index (κ1) is 14.2. The molecule has 0 radical (unpaired) electrons. The van der Waals surface area contributed by atoms with E-state index < -0.39 is 0 Å². The van der Waals surface area contributed by atoms with E-state index in [9.17, 15) is 0 Å². The molecule has 0 atom stereocenters. The normalized spacial score (nSPS) is 10.6. The molecule has 21 heavy (non-hydrogen) atoms. The van der Waals surface area contributed by atoms with E-state index in [2.05, 4.69) is 50.5 Å². The lowest BCUT2D eigenvalue weighted by Crippen LogP contribution is -2.00. The number of rotatable bonds is 4. The van der Waals surface area contributed by atoms with Crippen molar-refractivity contribution in [2.24, 2.45) is 0 Å². The number of nitrogens with one attached hydrogen (secondary N) is 1. The summed E-state index contributed by atoms with van der Waals surface area (Å²) in [5, 5.41) is 4.05. The molecule has 0 unspecified atom stereocenters. The molecular formula is C16H13BrClN3. The molecule has 3 nitrogen and oxygen atoms in total. The molecule has 0 amide bonds. The zero-order valence-corrected chi connectivity index (χ0v) is 13.5. The fourth-order valence-electron chi connectivity index (χ4n) is 2.03. The zero-order valence-electron chi connectivity index (χ0n) is 11.1. The van der Waals surface area contributed by atoms with Gasteiger partial charge in [-0.25, -0.2) is 4.98 Å². The smallest absolute Gasteiger partial charge is 0.0991 e. The number of benzene rings is 2. The van der Waals surface area contributed by atoms with Gasteiger partial charge in [-0.05, 0) is 35.9 Å². The van der Waals surface area contributed by atoms with Gasteiger partial charge in [0.15, 0.2) is 0 Å². The number of imidazole rings is 1. The SMILES string of the molecule is Clc1cc(Br)ccc1NCc1ccc(-n2ccnc2)cc1. The predicted molar refractivity (Wildman–Crippen MR) is 90.0 cm³/mol. The molecule has 3 aromatic rings. The molecule has 5 heteroatoms. The van der Waals surface area contributed by atoms with E-state index >= 15 is 0 Å². The summed E-state index contributed by atoms with van der Waals surface area (Å²) < 4.78 is 2.95. The lowest BCUT2D eigenvalue weighted by molar-refractivity contribution is 1.05. The Kier molecular flexibility index (Phi) is 4.27. The minimum absolute atomic E-state index is 0.708. The fraction of sp³-hybridized carbons (Fsp3) is 0.0625. The van der Waals surface area contributed by atoms with Crippen LogP contribution < -0.4 is 5.32 Å². The van der Waals surface area contributed by atoms with Crippen molar-refractivity contribution in [3.8, 4) is 5.69 Å². The third kappa shape index (κ3) is 3.46. The van der Waals surface area contributed by atoms with E-state index in [1.807, 2.05) is 29.0 Å². The Balaban J connectivity index is 1.68. The molecule has 0 saturated heterocycles. The standard InChI is InChI=1S/C16H13BrClN3/c17-13-3-6-16(15(18)9-13)20-10-12-1-4-14(5-2-12)21-8-7-19-11-21/h1-9,11,20H,10H2. The summed E-state index contributed by atoms with van der Waals surface area (Å²) in [4.78, 5) is 4.05. The van der Waals surface area contributed by atoms with Crippen molar-refractivity contribution in [1.29, 1.82) is 0 Å². The third-order valence-electron chi connectivity index (χ3n) is 3.15. The van der Waals surface area contributed by atoms with Crippen LogP contribution in [-0.2, 0) is 6.54 Å². The molecule has 0 fully saturated rings. The highest BCUT2D eigenvalue weighted by atomic mass is 79.9. The minimum Gasteiger partial charge on any atom is -0.380 e. The Labute approximate surface area is 136 Å². The Morgan fingerprint density at radius 3 is 2.62 bits per heavy atom. The third-order valence-corrected chi connectivity index (χ3v) is 3.96. The van der Waals surface area contributed by atoms with Crippen molar-refractivity contribution in [3.63, 3.8) is 0 Å². The maximum absolute atomic E-state index is 6.19. The molecule has 3 rings (SSSR count). The Bertz CT molecular complexity index is 724. The van der Waals surface area contributed by atoms with Crippen LogP contribution in [0.5, 0.6) is 0 Å². The molecule has 0 aliphatic heterocycles. The molecule has 2 aromatic carbocycles. The monoisotopic (exact) mass is 361 g/mol. The van der Waals surface area contributed by atoms with Crippen LogP contribution >= 0.6 is 27.5 Å². The van der Waals surface area contributed by atoms with Gasteiger partial charge in [0.1, 0.15) is 0 Å². The summed E-state index contributed by atoms with van der Waals surface area (Å²) >= 11 is 9.59. The zero-order chi connectivity index (χ0) is 14.7. The highest BCUT2D eigenvalue weighted by Gasteiger charge is 2.01. The van der Waals surface area contributed by atoms with E-state index in [4.69, 9.17) is 11.6 Å². The summed E-state index contributed by atoms with van der Waals surface area (Å²) in [7, 11) is 0. The molecular weight excluding hydrogens is 350 g/mol. The number of anilines is 1. The maximum atomic E-state index is 6.19. The molecule has 0 aliphatic rings. The number of aromatic nitrogens is 2.